The fourth-order valence-corrected chi connectivity index (χ4v) is 1.91. The number of carbonyl (C=O) groups excluding carboxylic acids is 1. The maximum absolute atomic E-state index is 11.6. The summed E-state index contributed by atoms with van der Waals surface area (Å²) in [6.07, 6.45) is 2.98. The fraction of sp³-hybridized carbons (Fsp3) is 0.111. The SMILES string of the molecule is C[C@@H](NC(=O)C=Cc1ccc(-c2ccccc2)cc1)C(=O)O. The topological polar surface area (TPSA) is 66.4 Å². The van der Waals surface area contributed by atoms with Gasteiger partial charge in [0.2, 0.25) is 5.91 Å². The number of aliphatic carboxylic acids is 1. The second-order valence-corrected chi connectivity index (χ2v) is 4.89. The molecular weight excluding hydrogens is 278 g/mol. The maximum Gasteiger partial charge on any atom is 0.325 e. The Morgan fingerprint density at radius 2 is 1.59 bits per heavy atom. The molecule has 0 unspecified atom stereocenters. The first-order chi connectivity index (χ1) is 10.6. The van der Waals surface area contributed by atoms with E-state index in [0.717, 1.165) is 16.7 Å². The molecule has 0 aliphatic rings. The van der Waals surface area contributed by atoms with Crippen molar-refractivity contribution in [1.82, 2.24) is 5.32 Å². The van der Waals surface area contributed by atoms with Gasteiger partial charge >= 0.3 is 5.97 Å². The van der Waals surface area contributed by atoms with Gasteiger partial charge in [0.15, 0.2) is 0 Å². The van der Waals surface area contributed by atoms with Gasteiger partial charge in [0.05, 0.1) is 0 Å². The lowest BCUT2D eigenvalue weighted by molar-refractivity contribution is -0.140. The van der Waals surface area contributed by atoms with Crippen LogP contribution in [-0.2, 0) is 9.59 Å². The highest BCUT2D eigenvalue weighted by atomic mass is 16.4. The normalized spacial score (nSPS) is 12.0. The highest BCUT2D eigenvalue weighted by Gasteiger charge is 2.11. The van der Waals surface area contributed by atoms with Crippen LogP contribution in [0.5, 0.6) is 0 Å². The molecule has 1 amide bonds. The molecule has 0 spiro atoms. The summed E-state index contributed by atoms with van der Waals surface area (Å²) in [5.74, 6) is -1.49. The molecule has 4 nitrogen and oxygen atoms in total. The lowest BCUT2D eigenvalue weighted by Gasteiger charge is -2.06. The van der Waals surface area contributed by atoms with Crippen molar-refractivity contribution in [3.63, 3.8) is 0 Å². The largest absolute Gasteiger partial charge is 0.480 e. The zero-order valence-electron chi connectivity index (χ0n) is 12.2. The predicted octanol–water partition coefficient (Wildman–Crippen LogP) is 2.96. The first kappa shape index (κ1) is 15.5. The minimum Gasteiger partial charge on any atom is -0.480 e. The van der Waals surface area contributed by atoms with E-state index >= 15 is 0 Å². The van der Waals surface area contributed by atoms with Crippen molar-refractivity contribution in [2.24, 2.45) is 0 Å². The third-order valence-electron chi connectivity index (χ3n) is 3.17. The van der Waals surface area contributed by atoms with E-state index in [0.29, 0.717) is 0 Å². The average Bonchev–Trinajstić information content (AvgIpc) is 2.54. The van der Waals surface area contributed by atoms with E-state index in [1.54, 1.807) is 6.08 Å². The second kappa shape index (κ2) is 7.22. The minimum atomic E-state index is -1.06. The molecule has 0 saturated heterocycles. The number of carboxylic acids is 1. The first-order valence-electron chi connectivity index (χ1n) is 6.93. The van der Waals surface area contributed by atoms with Gasteiger partial charge in [-0.1, -0.05) is 54.6 Å². The van der Waals surface area contributed by atoms with Gasteiger partial charge in [-0.25, -0.2) is 0 Å². The highest BCUT2D eigenvalue weighted by Crippen LogP contribution is 2.19. The monoisotopic (exact) mass is 295 g/mol. The first-order valence-corrected chi connectivity index (χ1v) is 6.93. The third kappa shape index (κ3) is 4.31. The summed E-state index contributed by atoms with van der Waals surface area (Å²) in [5, 5.41) is 11.1. The summed E-state index contributed by atoms with van der Waals surface area (Å²) in [6, 6.07) is 16.9. The summed E-state index contributed by atoms with van der Waals surface area (Å²) in [5.41, 5.74) is 3.10. The van der Waals surface area contributed by atoms with E-state index in [-0.39, 0.29) is 0 Å². The number of carboxylic acid groups (broad SMARTS) is 1. The number of rotatable bonds is 5. The van der Waals surface area contributed by atoms with Gasteiger partial charge < -0.3 is 10.4 Å². The number of benzene rings is 2. The number of hydrogen-bond acceptors (Lipinski definition) is 2. The smallest absolute Gasteiger partial charge is 0.325 e. The molecular formula is C18H17NO3. The summed E-state index contributed by atoms with van der Waals surface area (Å²) in [4.78, 5) is 22.2. The quantitative estimate of drug-likeness (QED) is 0.833. The third-order valence-corrected chi connectivity index (χ3v) is 3.17. The number of nitrogens with one attached hydrogen (secondary N) is 1. The van der Waals surface area contributed by atoms with Crippen LogP contribution in [0.2, 0.25) is 0 Å². The molecule has 2 rings (SSSR count). The molecule has 0 fully saturated rings. The number of amides is 1. The molecule has 2 N–H and O–H groups in total. The van der Waals surface area contributed by atoms with Crippen LogP contribution in [0.15, 0.2) is 60.7 Å². The van der Waals surface area contributed by atoms with Crippen LogP contribution in [0, 0.1) is 0 Å². The molecule has 0 saturated carbocycles. The molecule has 0 aliphatic carbocycles. The van der Waals surface area contributed by atoms with Gasteiger partial charge in [-0.05, 0) is 29.7 Å². The van der Waals surface area contributed by atoms with E-state index in [1.807, 2.05) is 54.6 Å². The van der Waals surface area contributed by atoms with Crippen LogP contribution in [0.4, 0.5) is 0 Å². The standard InChI is InChI=1S/C18H17NO3/c1-13(18(21)22)19-17(20)12-9-14-7-10-16(11-8-14)15-5-3-2-4-6-15/h2-13H,1H3,(H,19,20)(H,21,22)/t13-/m1/s1. The Morgan fingerprint density at radius 3 is 2.18 bits per heavy atom. The van der Waals surface area contributed by atoms with E-state index in [2.05, 4.69) is 5.32 Å². The molecule has 0 aliphatic heterocycles. The van der Waals surface area contributed by atoms with Gasteiger partial charge in [-0.2, -0.15) is 0 Å². The van der Waals surface area contributed by atoms with Crippen LogP contribution in [0.25, 0.3) is 17.2 Å². The maximum atomic E-state index is 11.6. The van der Waals surface area contributed by atoms with Gasteiger partial charge in [-0.15, -0.1) is 0 Å². The molecule has 0 radical (unpaired) electrons. The number of hydrogen-bond donors (Lipinski definition) is 2. The summed E-state index contributed by atoms with van der Waals surface area (Å²) in [6.45, 7) is 1.42. The minimum absolute atomic E-state index is 0.429. The van der Waals surface area contributed by atoms with Gasteiger partial charge in [0.25, 0.3) is 0 Å². The van der Waals surface area contributed by atoms with Crippen molar-refractivity contribution < 1.29 is 14.7 Å². The Morgan fingerprint density at radius 1 is 1.00 bits per heavy atom. The highest BCUT2D eigenvalue weighted by molar-refractivity contribution is 5.94. The van der Waals surface area contributed by atoms with Crippen molar-refractivity contribution >= 4 is 18.0 Å². The van der Waals surface area contributed by atoms with Crippen LogP contribution in [0.1, 0.15) is 12.5 Å². The van der Waals surface area contributed by atoms with E-state index in [9.17, 15) is 9.59 Å². The van der Waals surface area contributed by atoms with Crippen LogP contribution in [0.3, 0.4) is 0 Å². The van der Waals surface area contributed by atoms with E-state index < -0.39 is 17.9 Å². The fourth-order valence-electron chi connectivity index (χ4n) is 1.91. The zero-order chi connectivity index (χ0) is 15.9. The Balaban J connectivity index is 2.01. The molecule has 2 aromatic rings. The van der Waals surface area contributed by atoms with Crippen LogP contribution < -0.4 is 5.32 Å². The lowest BCUT2D eigenvalue weighted by atomic mass is 10.0. The average molecular weight is 295 g/mol. The summed E-state index contributed by atoms with van der Waals surface area (Å²) in [7, 11) is 0. The van der Waals surface area contributed by atoms with Crippen LogP contribution in [-0.4, -0.2) is 23.0 Å². The van der Waals surface area contributed by atoms with E-state index in [4.69, 9.17) is 5.11 Å². The van der Waals surface area contributed by atoms with Gasteiger partial charge in [0.1, 0.15) is 6.04 Å². The molecule has 1 atom stereocenters. The molecule has 112 valence electrons. The van der Waals surface area contributed by atoms with Crippen molar-refractivity contribution in [2.45, 2.75) is 13.0 Å². The molecule has 4 heteroatoms. The molecule has 0 bridgehead atoms. The molecule has 0 heterocycles. The van der Waals surface area contributed by atoms with Crippen molar-refractivity contribution in [2.75, 3.05) is 0 Å². The Kier molecular flexibility index (Phi) is 5.09. The Hall–Kier alpha value is -2.88. The van der Waals surface area contributed by atoms with Gasteiger partial charge in [-0.3, -0.25) is 9.59 Å². The predicted molar refractivity (Wildman–Crippen MR) is 86.2 cm³/mol. The van der Waals surface area contributed by atoms with Crippen molar-refractivity contribution in [3.05, 3.63) is 66.2 Å². The van der Waals surface area contributed by atoms with Crippen LogP contribution >= 0.6 is 0 Å². The second-order valence-electron chi connectivity index (χ2n) is 4.89. The summed E-state index contributed by atoms with van der Waals surface area (Å²) < 4.78 is 0. The molecule has 2 aromatic carbocycles. The molecule has 22 heavy (non-hydrogen) atoms. The van der Waals surface area contributed by atoms with E-state index in [1.165, 1.54) is 13.0 Å². The molecule has 0 aromatic heterocycles. The Bertz CT molecular complexity index is 675. The zero-order valence-corrected chi connectivity index (χ0v) is 12.2. The lowest BCUT2D eigenvalue weighted by Crippen LogP contribution is -2.37. The number of carbonyl (C=O) groups is 2. The van der Waals surface area contributed by atoms with Crippen molar-refractivity contribution in [1.29, 1.82) is 0 Å². The van der Waals surface area contributed by atoms with Crippen molar-refractivity contribution in [3.8, 4) is 11.1 Å². The Labute approximate surface area is 129 Å². The summed E-state index contributed by atoms with van der Waals surface area (Å²) >= 11 is 0. The van der Waals surface area contributed by atoms with Gasteiger partial charge in [0, 0.05) is 6.08 Å².